The summed E-state index contributed by atoms with van der Waals surface area (Å²) in [7, 11) is 0. The molecule has 1 aliphatic rings. The van der Waals surface area contributed by atoms with Crippen LogP contribution in [0.25, 0.3) is 5.69 Å². The van der Waals surface area contributed by atoms with E-state index in [2.05, 4.69) is 45.4 Å². The summed E-state index contributed by atoms with van der Waals surface area (Å²) in [4.78, 5) is 18.2. The minimum Gasteiger partial charge on any atom is -0.448 e. The van der Waals surface area contributed by atoms with Gasteiger partial charge >= 0.3 is 6.09 Å². The molecule has 1 unspecified atom stereocenters. The Bertz CT molecular complexity index is 745. The average Bonchev–Trinajstić information content (AvgIpc) is 3.15. The highest BCUT2D eigenvalue weighted by Gasteiger charge is 2.24. The van der Waals surface area contributed by atoms with Gasteiger partial charge in [-0.1, -0.05) is 18.6 Å². The molecule has 0 radical (unpaired) electrons. The number of rotatable bonds is 6. The molecule has 146 valence electrons. The third-order valence-electron chi connectivity index (χ3n) is 4.87. The smallest absolute Gasteiger partial charge is 0.407 e. The van der Waals surface area contributed by atoms with Crippen molar-refractivity contribution >= 4 is 6.09 Å². The Labute approximate surface area is 160 Å². The van der Waals surface area contributed by atoms with Crippen molar-refractivity contribution in [2.75, 3.05) is 13.2 Å². The van der Waals surface area contributed by atoms with Crippen LogP contribution in [0, 0.1) is 6.92 Å². The highest BCUT2D eigenvalue weighted by Crippen LogP contribution is 2.22. The van der Waals surface area contributed by atoms with Crippen LogP contribution in [0.5, 0.6) is 0 Å². The SMILES string of the molecule is Cc1cc(CN2CCCCC2COC(=O)NC(C)C)ccc1-n1cncn1. The zero-order chi connectivity index (χ0) is 19.2. The number of ether oxygens (including phenoxy) is 1. The van der Waals surface area contributed by atoms with Gasteiger partial charge in [-0.2, -0.15) is 5.10 Å². The standard InChI is InChI=1S/C20H29N5O2/c1-15(2)23-20(26)27-12-18-6-4-5-9-24(18)11-17-7-8-19(16(3)10-17)25-14-21-13-22-25/h7-8,10,13-15,18H,4-6,9,11-12H2,1-3H3,(H,23,26). The Morgan fingerprint density at radius 3 is 2.93 bits per heavy atom. The second kappa shape index (κ2) is 8.99. The summed E-state index contributed by atoms with van der Waals surface area (Å²) in [5.41, 5.74) is 3.47. The fourth-order valence-corrected chi connectivity index (χ4v) is 3.55. The number of aromatic nitrogens is 3. The van der Waals surface area contributed by atoms with Crippen molar-refractivity contribution in [2.24, 2.45) is 0 Å². The van der Waals surface area contributed by atoms with Crippen molar-refractivity contribution in [2.45, 2.75) is 58.7 Å². The molecule has 7 nitrogen and oxygen atoms in total. The molecule has 1 saturated heterocycles. The molecule has 3 rings (SSSR count). The lowest BCUT2D eigenvalue weighted by Crippen LogP contribution is -2.43. The van der Waals surface area contributed by atoms with E-state index < -0.39 is 0 Å². The molecule has 1 aromatic heterocycles. The van der Waals surface area contributed by atoms with E-state index in [-0.39, 0.29) is 18.2 Å². The summed E-state index contributed by atoms with van der Waals surface area (Å²) in [6.07, 6.45) is 6.35. The number of likely N-dealkylation sites (tertiary alicyclic amines) is 1. The third kappa shape index (κ3) is 5.29. The van der Waals surface area contributed by atoms with Gasteiger partial charge in [0.15, 0.2) is 0 Å². The summed E-state index contributed by atoms with van der Waals surface area (Å²) in [5, 5.41) is 6.99. The van der Waals surface area contributed by atoms with Crippen LogP contribution >= 0.6 is 0 Å². The molecule has 7 heteroatoms. The maximum atomic E-state index is 11.8. The lowest BCUT2D eigenvalue weighted by Gasteiger charge is -2.35. The molecule has 1 aromatic carbocycles. The molecule has 0 bridgehead atoms. The van der Waals surface area contributed by atoms with Crippen LogP contribution in [0.4, 0.5) is 4.79 Å². The second-order valence-electron chi connectivity index (χ2n) is 7.48. The Kier molecular flexibility index (Phi) is 6.45. The molecule has 1 atom stereocenters. The average molecular weight is 371 g/mol. The molecule has 1 N–H and O–H groups in total. The van der Waals surface area contributed by atoms with E-state index in [4.69, 9.17) is 4.74 Å². The number of benzene rings is 1. The van der Waals surface area contributed by atoms with Gasteiger partial charge in [0.2, 0.25) is 0 Å². The molecule has 1 fully saturated rings. The quantitative estimate of drug-likeness (QED) is 0.845. The summed E-state index contributed by atoms with van der Waals surface area (Å²) in [6, 6.07) is 6.79. The number of alkyl carbamates (subject to hydrolysis) is 1. The van der Waals surface area contributed by atoms with Gasteiger partial charge in [0.05, 0.1) is 5.69 Å². The third-order valence-corrected chi connectivity index (χ3v) is 4.87. The van der Waals surface area contributed by atoms with Crippen molar-refractivity contribution < 1.29 is 9.53 Å². The molecule has 2 aromatic rings. The zero-order valence-corrected chi connectivity index (χ0v) is 16.4. The van der Waals surface area contributed by atoms with Gasteiger partial charge in [-0.15, -0.1) is 0 Å². The molecule has 1 aliphatic heterocycles. The topological polar surface area (TPSA) is 72.3 Å². The first kappa shape index (κ1) is 19.4. The summed E-state index contributed by atoms with van der Waals surface area (Å²) < 4.78 is 7.22. The van der Waals surface area contributed by atoms with Gasteiger partial charge < -0.3 is 10.1 Å². The predicted octanol–water partition coefficient (Wildman–Crippen LogP) is 3.06. The van der Waals surface area contributed by atoms with Crippen molar-refractivity contribution in [1.29, 1.82) is 0 Å². The van der Waals surface area contributed by atoms with E-state index in [0.717, 1.165) is 25.2 Å². The normalized spacial score (nSPS) is 17.9. The van der Waals surface area contributed by atoms with Gasteiger partial charge in [-0.3, -0.25) is 4.90 Å². The molecule has 0 saturated carbocycles. The first-order valence-corrected chi connectivity index (χ1v) is 9.65. The van der Waals surface area contributed by atoms with Crippen LogP contribution < -0.4 is 5.32 Å². The van der Waals surface area contributed by atoms with Crippen molar-refractivity contribution in [3.05, 3.63) is 42.0 Å². The van der Waals surface area contributed by atoms with E-state index >= 15 is 0 Å². The summed E-state index contributed by atoms with van der Waals surface area (Å²) >= 11 is 0. The molecule has 1 amide bonds. The molecule has 0 aliphatic carbocycles. The summed E-state index contributed by atoms with van der Waals surface area (Å²) in [6.45, 7) is 8.28. The molecular weight excluding hydrogens is 342 g/mol. The predicted molar refractivity (Wildman–Crippen MR) is 104 cm³/mol. The molecule has 27 heavy (non-hydrogen) atoms. The highest BCUT2D eigenvalue weighted by molar-refractivity contribution is 5.67. The maximum Gasteiger partial charge on any atom is 0.407 e. The van der Waals surface area contributed by atoms with Gasteiger partial charge in [0.25, 0.3) is 0 Å². The fourth-order valence-electron chi connectivity index (χ4n) is 3.55. The van der Waals surface area contributed by atoms with E-state index in [1.807, 2.05) is 13.8 Å². The fraction of sp³-hybridized carbons (Fsp3) is 0.550. The highest BCUT2D eigenvalue weighted by atomic mass is 16.5. The number of hydrogen-bond acceptors (Lipinski definition) is 5. The van der Waals surface area contributed by atoms with E-state index in [9.17, 15) is 4.79 Å². The van der Waals surface area contributed by atoms with Crippen LogP contribution in [0.2, 0.25) is 0 Å². The van der Waals surface area contributed by atoms with Crippen molar-refractivity contribution in [3.63, 3.8) is 0 Å². The first-order valence-electron chi connectivity index (χ1n) is 9.65. The number of carbonyl (C=O) groups excluding carboxylic acids is 1. The second-order valence-corrected chi connectivity index (χ2v) is 7.48. The van der Waals surface area contributed by atoms with Gasteiger partial charge in [0.1, 0.15) is 19.3 Å². The minimum atomic E-state index is -0.330. The lowest BCUT2D eigenvalue weighted by molar-refractivity contribution is 0.0632. The van der Waals surface area contributed by atoms with Crippen LogP contribution in [0.1, 0.15) is 44.2 Å². The van der Waals surface area contributed by atoms with Gasteiger partial charge in [-0.25, -0.2) is 14.5 Å². The Morgan fingerprint density at radius 2 is 2.22 bits per heavy atom. The largest absolute Gasteiger partial charge is 0.448 e. The van der Waals surface area contributed by atoms with E-state index in [1.54, 1.807) is 17.3 Å². The Balaban J connectivity index is 1.62. The van der Waals surface area contributed by atoms with E-state index in [0.29, 0.717) is 6.61 Å². The number of piperidine rings is 1. The van der Waals surface area contributed by atoms with Crippen LogP contribution in [-0.4, -0.2) is 51.0 Å². The van der Waals surface area contributed by atoms with Gasteiger partial charge in [-0.05, 0) is 57.4 Å². The first-order chi connectivity index (χ1) is 13.0. The number of aryl methyl sites for hydroxylation is 1. The number of nitrogens with one attached hydrogen (secondary N) is 1. The molecule has 0 spiro atoms. The van der Waals surface area contributed by atoms with E-state index in [1.165, 1.54) is 24.0 Å². The van der Waals surface area contributed by atoms with Crippen LogP contribution in [0.15, 0.2) is 30.9 Å². The van der Waals surface area contributed by atoms with Crippen LogP contribution in [0.3, 0.4) is 0 Å². The lowest BCUT2D eigenvalue weighted by atomic mass is 10.0. The molecular formula is C20H29N5O2. The Hall–Kier alpha value is -2.41. The number of carbonyl (C=O) groups is 1. The molecule has 2 heterocycles. The number of nitrogens with zero attached hydrogens (tertiary/aromatic N) is 4. The summed E-state index contributed by atoms with van der Waals surface area (Å²) in [5.74, 6) is 0. The zero-order valence-electron chi connectivity index (χ0n) is 16.4. The van der Waals surface area contributed by atoms with Crippen molar-refractivity contribution in [1.82, 2.24) is 25.0 Å². The van der Waals surface area contributed by atoms with Crippen molar-refractivity contribution in [3.8, 4) is 5.69 Å². The van der Waals surface area contributed by atoms with Crippen LogP contribution in [-0.2, 0) is 11.3 Å². The number of hydrogen-bond donors (Lipinski definition) is 1. The Morgan fingerprint density at radius 1 is 1.37 bits per heavy atom. The van der Waals surface area contributed by atoms with Gasteiger partial charge in [0, 0.05) is 18.6 Å². The number of amides is 1. The monoisotopic (exact) mass is 371 g/mol. The minimum absolute atomic E-state index is 0.0893. The maximum absolute atomic E-state index is 11.8.